The highest BCUT2D eigenvalue weighted by Gasteiger charge is 2.25. The third-order valence-electron chi connectivity index (χ3n) is 2.99. The number of rotatable bonds is 2. The van der Waals surface area contributed by atoms with Gasteiger partial charge < -0.3 is 9.92 Å². The number of nitrogens with zero attached hydrogens (tertiary/aromatic N) is 1. The molecule has 0 unspecified atom stereocenters. The van der Waals surface area contributed by atoms with Crippen molar-refractivity contribution in [2.24, 2.45) is 0 Å². The van der Waals surface area contributed by atoms with Gasteiger partial charge in [0.25, 0.3) is 6.92 Å². The van der Waals surface area contributed by atoms with Crippen LogP contribution in [0.5, 0.6) is 0 Å². The van der Waals surface area contributed by atoms with Gasteiger partial charge in [0.2, 0.25) is 0 Å². The first-order valence-corrected chi connectivity index (χ1v) is 5.03. The maximum Gasteiger partial charge on any atom is 0.289 e. The van der Waals surface area contributed by atoms with E-state index < -0.39 is 0 Å². The molecule has 70 valence electrons. The fraction of sp³-hybridized carbons (Fsp3) is 1.00. The highest BCUT2D eigenvalue weighted by Crippen LogP contribution is 2.25. The first-order chi connectivity index (χ1) is 5.61. The maximum atomic E-state index is 9.38. The second-order valence-electron chi connectivity index (χ2n) is 4.21. The molecule has 1 rings (SSSR count). The summed E-state index contributed by atoms with van der Waals surface area (Å²) >= 11 is 0. The molecule has 0 spiro atoms. The van der Waals surface area contributed by atoms with Crippen LogP contribution in [0.1, 0.15) is 26.7 Å². The summed E-state index contributed by atoms with van der Waals surface area (Å²) in [6, 6.07) is 0.667. The van der Waals surface area contributed by atoms with E-state index in [2.05, 4.69) is 18.7 Å². The van der Waals surface area contributed by atoms with Crippen LogP contribution >= 0.6 is 0 Å². The van der Waals surface area contributed by atoms with Crippen molar-refractivity contribution >= 4 is 6.92 Å². The van der Waals surface area contributed by atoms with Crippen LogP contribution in [0.4, 0.5) is 0 Å². The van der Waals surface area contributed by atoms with Crippen molar-refractivity contribution in [1.29, 1.82) is 0 Å². The Hall–Kier alpha value is -0.0151. The molecule has 12 heavy (non-hydrogen) atoms. The molecule has 1 aliphatic rings. The standard InChI is InChI=1S/C9H20BNO/c1-8(2)11-6-4-9(5-7-11)10(3)12/h8-9,12H,4-7H2,1-3H3. The normalized spacial score (nSPS) is 21.8. The number of likely N-dealkylation sites (tertiary alicyclic amines) is 1. The summed E-state index contributed by atoms with van der Waals surface area (Å²) in [6.45, 7) is 8.60. The number of hydrogen-bond acceptors (Lipinski definition) is 2. The third-order valence-corrected chi connectivity index (χ3v) is 2.99. The zero-order chi connectivity index (χ0) is 9.14. The Morgan fingerprint density at radius 3 is 2.17 bits per heavy atom. The number of hydrogen-bond donors (Lipinski definition) is 1. The predicted molar refractivity (Wildman–Crippen MR) is 53.5 cm³/mol. The van der Waals surface area contributed by atoms with Crippen LogP contribution in [0.3, 0.4) is 0 Å². The quantitative estimate of drug-likeness (QED) is 0.632. The highest BCUT2D eigenvalue weighted by atomic mass is 16.2. The summed E-state index contributed by atoms with van der Waals surface area (Å²) in [5, 5.41) is 9.38. The Labute approximate surface area is 76.1 Å². The van der Waals surface area contributed by atoms with Crippen molar-refractivity contribution in [3.8, 4) is 0 Å². The Morgan fingerprint density at radius 2 is 1.83 bits per heavy atom. The predicted octanol–water partition coefficient (Wildman–Crippen LogP) is 1.47. The van der Waals surface area contributed by atoms with Crippen LogP contribution < -0.4 is 0 Å². The highest BCUT2D eigenvalue weighted by molar-refractivity contribution is 6.50. The summed E-state index contributed by atoms with van der Waals surface area (Å²) in [7, 11) is 0. The van der Waals surface area contributed by atoms with E-state index in [4.69, 9.17) is 0 Å². The first-order valence-electron chi connectivity index (χ1n) is 5.03. The average molecular weight is 169 g/mol. The molecule has 0 bridgehead atoms. The fourth-order valence-corrected chi connectivity index (χ4v) is 1.92. The molecule has 0 saturated carbocycles. The van der Waals surface area contributed by atoms with E-state index >= 15 is 0 Å². The third kappa shape index (κ3) is 2.49. The molecular weight excluding hydrogens is 149 g/mol. The lowest BCUT2D eigenvalue weighted by molar-refractivity contribution is 0.181. The van der Waals surface area contributed by atoms with E-state index in [-0.39, 0.29) is 6.92 Å². The van der Waals surface area contributed by atoms with Gasteiger partial charge in [-0.25, -0.2) is 0 Å². The van der Waals surface area contributed by atoms with E-state index in [9.17, 15) is 5.02 Å². The van der Waals surface area contributed by atoms with Crippen molar-refractivity contribution < 1.29 is 5.02 Å². The van der Waals surface area contributed by atoms with E-state index in [1.165, 1.54) is 0 Å². The monoisotopic (exact) mass is 169 g/mol. The SMILES string of the molecule is CB(O)C1CCN(C(C)C)CC1. The van der Waals surface area contributed by atoms with E-state index in [1.54, 1.807) is 0 Å². The zero-order valence-electron chi connectivity index (χ0n) is 8.45. The molecule has 0 atom stereocenters. The lowest BCUT2D eigenvalue weighted by Crippen LogP contribution is -2.39. The van der Waals surface area contributed by atoms with Gasteiger partial charge in [0, 0.05) is 6.04 Å². The van der Waals surface area contributed by atoms with E-state index in [0.29, 0.717) is 11.9 Å². The molecule has 1 fully saturated rings. The van der Waals surface area contributed by atoms with E-state index in [0.717, 1.165) is 25.9 Å². The second kappa shape index (κ2) is 4.29. The smallest absolute Gasteiger partial charge is 0.289 e. The molecule has 0 aromatic carbocycles. The molecule has 1 aliphatic heterocycles. The Kier molecular flexibility index (Phi) is 3.60. The van der Waals surface area contributed by atoms with Crippen LogP contribution in [-0.2, 0) is 0 Å². The van der Waals surface area contributed by atoms with E-state index in [1.807, 2.05) is 6.82 Å². The van der Waals surface area contributed by atoms with Gasteiger partial charge in [-0.05, 0) is 45.6 Å². The average Bonchev–Trinajstić information content (AvgIpc) is 2.04. The fourth-order valence-electron chi connectivity index (χ4n) is 1.92. The minimum absolute atomic E-state index is 0.112. The lowest BCUT2D eigenvalue weighted by Gasteiger charge is -2.34. The van der Waals surface area contributed by atoms with Crippen molar-refractivity contribution in [2.75, 3.05) is 13.1 Å². The molecule has 0 aromatic rings. The van der Waals surface area contributed by atoms with Crippen LogP contribution in [0, 0.1) is 0 Å². The van der Waals surface area contributed by atoms with Crippen molar-refractivity contribution in [2.45, 2.75) is 45.4 Å². The van der Waals surface area contributed by atoms with Gasteiger partial charge in [0.05, 0.1) is 0 Å². The Balaban J connectivity index is 2.30. The molecule has 0 amide bonds. The Bertz CT molecular complexity index is 114. The van der Waals surface area contributed by atoms with Crippen LogP contribution in [0.15, 0.2) is 0 Å². The summed E-state index contributed by atoms with van der Waals surface area (Å²) in [5.41, 5.74) is 0. The molecule has 1 saturated heterocycles. The molecule has 1 N–H and O–H groups in total. The molecule has 2 nitrogen and oxygen atoms in total. The molecular formula is C9H20BNO. The van der Waals surface area contributed by atoms with Gasteiger partial charge >= 0.3 is 0 Å². The van der Waals surface area contributed by atoms with Crippen LogP contribution in [0.2, 0.25) is 12.6 Å². The van der Waals surface area contributed by atoms with Crippen LogP contribution in [-0.4, -0.2) is 36.0 Å². The van der Waals surface area contributed by atoms with Gasteiger partial charge in [-0.2, -0.15) is 0 Å². The lowest BCUT2D eigenvalue weighted by atomic mass is 9.55. The summed E-state index contributed by atoms with van der Waals surface area (Å²) in [5.74, 6) is 0.542. The largest absolute Gasteiger partial charge is 0.450 e. The van der Waals surface area contributed by atoms with Gasteiger partial charge in [-0.1, -0.05) is 6.82 Å². The zero-order valence-corrected chi connectivity index (χ0v) is 8.45. The Morgan fingerprint density at radius 1 is 1.33 bits per heavy atom. The minimum atomic E-state index is -0.112. The van der Waals surface area contributed by atoms with Gasteiger partial charge in [0.1, 0.15) is 0 Å². The topological polar surface area (TPSA) is 23.5 Å². The van der Waals surface area contributed by atoms with Crippen molar-refractivity contribution in [3.63, 3.8) is 0 Å². The first kappa shape index (κ1) is 10.1. The molecule has 0 radical (unpaired) electrons. The van der Waals surface area contributed by atoms with Gasteiger partial charge in [-0.15, -0.1) is 0 Å². The second-order valence-corrected chi connectivity index (χ2v) is 4.21. The maximum absolute atomic E-state index is 9.38. The van der Waals surface area contributed by atoms with Gasteiger partial charge in [0.15, 0.2) is 0 Å². The summed E-state index contributed by atoms with van der Waals surface area (Å²) in [4.78, 5) is 2.48. The molecule has 3 heteroatoms. The molecule has 0 aromatic heterocycles. The molecule has 0 aliphatic carbocycles. The summed E-state index contributed by atoms with van der Waals surface area (Å²) in [6.07, 6.45) is 2.33. The van der Waals surface area contributed by atoms with Crippen molar-refractivity contribution in [1.82, 2.24) is 4.90 Å². The van der Waals surface area contributed by atoms with Crippen molar-refractivity contribution in [3.05, 3.63) is 0 Å². The van der Waals surface area contributed by atoms with Gasteiger partial charge in [-0.3, -0.25) is 0 Å². The summed E-state index contributed by atoms with van der Waals surface area (Å²) < 4.78 is 0. The number of piperidine rings is 1. The molecule has 1 heterocycles. The van der Waals surface area contributed by atoms with Crippen LogP contribution in [0.25, 0.3) is 0 Å². The minimum Gasteiger partial charge on any atom is -0.450 e.